The molecule has 0 amide bonds. The molecular weight excluding hydrogens is 278 g/mol. The van der Waals surface area contributed by atoms with Crippen molar-refractivity contribution in [2.45, 2.75) is 18.2 Å². The second-order valence-electron chi connectivity index (χ2n) is 4.71. The minimum Gasteiger partial charge on any atom is -0.491 e. The monoisotopic (exact) mass is 297 g/mol. The molecule has 20 heavy (non-hydrogen) atoms. The van der Waals surface area contributed by atoms with Crippen molar-refractivity contribution in [2.75, 3.05) is 26.3 Å². The molecule has 0 saturated heterocycles. The van der Waals surface area contributed by atoms with Crippen LogP contribution in [0.2, 0.25) is 0 Å². The number of sulfonamides is 1. The summed E-state index contributed by atoms with van der Waals surface area (Å²) in [6, 6.07) is 6.28. The molecule has 2 rings (SSSR count). The van der Waals surface area contributed by atoms with Crippen LogP contribution in [0, 0.1) is 0 Å². The standard InChI is InChI=1S/C14H19NO4S/c1-12-6-8-15(9-7-12)20(17,18)14-4-2-13(3-5-14)19-11-10-16/h2-6,16H,7-11H2,1H3. The topological polar surface area (TPSA) is 66.8 Å². The molecule has 0 fully saturated rings. The lowest BCUT2D eigenvalue weighted by atomic mass is 10.1. The van der Waals surface area contributed by atoms with Crippen LogP contribution in [0.25, 0.3) is 0 Å². The van der Waals surface area contributed by atoms with Gasteiger partial charge < -0.3 is 9.84 Å². The summed E-state index contributed by atoms with van der Waals surface area (Å²) in [6.07, 6.45) is 2.72. The number of hydrogen-bond donors (Lipinski definition) is 1. The minimum atomic E-state index is -3.44. The van der Waals surface area contributed by atoms with Gasteiger partial charge in [-0.15, -0.1) is 0 Å². The average Bonchev–Trinajstić information content (AvgIpc) is 2.46. The maximum absolute atomic E-state index is 12.4. The van der Waals surface area contributed by atoms with E-state index in [4.69, 9.17) is 9.84 Å². The molecule has 1 aromatic carbocycles. The third-order valence-corrected chi connectivity index (χ3v) is 5.10. The van der Waals surface area contributed by atoms with Crippen molar-refractivity contribution >= 4 is 10.0 Å². The van der Waals surface area contributed by atoms with Crippen LogP contribution in [0.1, 0.15) is 13.3 Å². The second kappa shape index (κ2) is 6.39. The maximum Gasteiger partial charge on any atom is 0.243 e. The molecule has 6 heteroatoms. The van der Waals surface area contributed by atoms with Gasteiger partial charge in [0.1, 0.15) is 12.4 Å². The number of benzene rings is 1. The van der Waals surface area contributed by atoms with Crippen molar-refractivity contribution in [3.63, 3.8) is 0 Å². The quantitative estimate of drug-likeness (QED) is 0.834. The smallest absolute Gasteiger partial charge is 0.243 e. The van der Waals surface area contributed by atoms with E-state index in [9.17, 15) is 8.42 Å². The number of hydrogen-bond acceptors (Lipinski definition) is 4. The Bertz CT molecular complexity index is 578. The van der Waals surface area contributed by atoms with E-state index >= 15 is 0 Å². The molecule has 1 N–H and O–H groups in total. The van der Waals surface area contributed by atoms with Gasteiger partial charge in [-0.3, -0.25) is 0 Å². The van der Waals surface area contributed by atoms with Gasteiger partial charge in [0, 0.05) is 13.1 Å². The highest BCUT2D eigenvalue weighted by Gasteiger charge is 2.25. The predicted molar refractivity (Wildman–Crippen MR) is 76.2 cm³/mol. The first-order valence-corrected chi connectivity index (χ1v) is 7.97. The Morgan fingerprint density at radius 2 is 2.00 bits per heavy atom. The van der Waals surface area contributed by atoms with Crippen LogP contribution in [0.3, 0.4) is 0 Å². The summed E-state index contributed by atoms with van der Waals surface area (Å²) in [6.45, 7) is 3.09. The summed E-state index contributed by atoms with van der Waals surface area (Å²) in [5, 5.41) is 8.67. The van der Waals surface area contributed by atoms with Gasteiger partial charge in [-0.1, -0.05) is 11.6 Å². The summed E-state index contributed by atoms with van der Waals surface area (Å²) in [5.74, 6) is 0.549. The molecule has 0 saturated carbocycles. The van der Waals surface area contributed by atoms with Crippen LogP contribution < -0.4 is 4.74 Å². The molecule has 0 atom stereocenters. The van der Waals surface area contributed by atoms with Gasteiger partial charge in [-0.2, -0.15) is 4.31 Å². The Kier molecular flexibility index (Phi) is 4.80. The molecule has 0 unspecified atom stereocenters. The Balaban J connectivity index is 2.13. The molecule has 0 bridgehead atoms. The van der Waals surface area contributed by atoms with E-state index in [1.807, 2.05) is 13.0 Å². The summed E-state index contributed by atoms with van der Waals surface area (Å²) in [5.41, 5.74) is 1.23. The Morgan fingerprint density at radius 3 is 2.55 bits per heavy atom. The highest BCUT2D eigenvalue weighted by atomic mass is 32.2. The normalized spacial score (nSPS) is 16.8. The molecule has 0 spiro atoms. The SMILES string of the molecule is CC1=CCN(S(=O)(=O)c2ccc(OCCO)cc2)CC1. The third-order valence-electron chi connectivity index (χ3n) is 3.22. The van der Waals surface area contributed by atoms with Crippen LogP contribution in [0.4, 0.5) is 0 Å². The van der Waals surface area contributed by atoms with Crippen LogP contribution >= 0.6 is 0 Å². The van der Waals surface area contributed by atoms with Crippen LogP contribution in [0.15, 0.2) is 40.8 Å². The van der Waals surface area contributed by atoms with E-state index in [1.54, 1.807) is 12.1 Å². The first-order chi connectivity index (χ1) is 9.54. The fourth-order valence-electron chi connectivity index (χ4n) is 1.99. The summed E-state index contributed by atoms with van der Waals surface area (Å²) < 4.78 is 31.6. The van der Waals surface area contributed by atoms with E-state index in [2.05, 4.69) is 0 Å². The van der Waals surface area contributed by atoms with E-state index < -0.39 is 10.0 Å². The zero-order chi connectivity index (χ0) is 14.6. The van der Waals surface area contributed by atoms with Crippen molar-refractivity contribution in [1.82, 2.24) is 4.31 Å². The first-order valence-electron chi connectivity index (χ1n) is 6.53. The highest BCUT2D eigenvalue weighted by Crippen LogP contribution is 2.22. The fraction of sp³-hybridized carbons (Fsp3) is 0.429. The van der Waals surface area contributed by atoms with E-state index in [0.717, 1.165) is 6.42 Å². The van der Waals surface area contributed by atoms with E-state index in [-0.39, 0.29) is 18.1 Å². The van der Waals surface area contributed by atoms with Gasteiger partial charge in [0.25, 0.3) is 0 Å². The number of nitrogens with zero attached hydrogens (tertiary/aromatic N) is 1. The second-order valence-corrected chi connectivity index (χ2v) is 6.64. The highest BCUT2D eigenvalue weighted by molar-refractivity contribution is 7.89. The van der Waals surface area contributed by atoms with Crippen molar-refractivity contribution in [1.29, 1.82) is 0 Å². The Morgan fingerprint density at radius 1 is 1.30 bits per heavy atom. The lowest BCUT2D eigenvalue weighted by molar-refractivity contribution is 0.201. The number of aliphatic hydroxyl groups is 1. The van der Waals surface area contributed by atoms with Crippen molar-refractivity contribution in [3.05, 3.63) is 35.9 Å². The first kappa shape index (κ1) is 15.0. The number of rotatable bonds is 5. The number of aliphatic hydroxyl groups excluding tert-OH is 1. The van der Waals surface area contributed by atoms with Gasteiger partial charge in [-0.05, 0) is 37.6 Å². The van der Waals surface area contributed by atoms with Gasteiger partial charge in [-0.25, -0.2) is 8.42 Å². The van der Waals surface area contributed by atoms with Gasteiger partial charge in [0.15, 0.2) is 0 Å². The molecule has 0 aromatic heterocycles. The molecule has 110 valence electrons. The zero-order valence-corrected chi connectivity index (χ0v) is 12.3. The molecule has 1 heterocycles. The molecular formula is C14H19NO4S. The van der Waals surface area contributed by atoms with Gasteiger partial charge in [0.05, 0.1) is 11.5 Å². The molecule has 1 aliphatic heterocycles. The van der Waals surface area contributed by atoms with Crippen LogP contribution in [-0.2, 0) is 10.0 Å². The van der Waals surface area contributed by atoms with Gasteiger partial charge >= 0.3 is 0 Å². The Hall–Kier alpha value is -1.37. The molecule has 5 nitrogen and oxygen atoms in total. The van der Waals surface area contributed by atoms with E-state index in [1.165, 1.54) is 22.0 Å². The third kappa shape index (κ3) is 3.39. The summed E-state index contributed by atoms with van der Waals surface area (Å²) in [4.78, 5) is 0.266. The molecule has 0 aliphatic carbocycles. The van der Waals surface area contributed by atoms with Crippen LogP contribution in [0.5, 0.6) is 5.75 Å². The fourth-order valence-corrected chi connectivity index (χ4v) is 3.37. The number of ether oxygens (including phenoxy) is 1. The lowest BCUT2D eigenvalue weighted by Gasteiger charge is -2.24. The van der Waals surface area contributed by atoms with Gasteiger partial charge in [0.2, 0.25) is 10.0 Å². The molecule has 1 aliphatic rings. The van der Waals surface area contributed by atoms with Crippen molar-refractivity contribution in [2.24, 2.45) is 0 Å². The largest absolute Gasteiger partial charge is 0.491 e. The lowest BCUT2D eigenvalue weighted by Crippen LogP contribution is -2.34. The predicted octanol–water partition coefficient (Wildman–Crippen LogP) is 1.40. The molecule has 1 aromatic rings. The molecule has 0 radical (unpaired) electrons. The summed E-state index contributed by atoms with van der Waals surface area (Å²) in [7, 11) is -3.44. The van der Waals surface area contributed by atoms with Crippen molar-refractivity contribution in [3.8, 4) is 5.75 Å². The summed E-state index contributed by atoms with van der Waals surface area (Å²) >= 11 is 0. The average molecular weight is 297 g/mol. The van der Waals surface area contributed by atoms with Crippen LogP contribution in [-0.4, -0.2) is 44.1 Å². The van der Waals surface area contributed by atoms with E-state index in [0.29, 0.717) is 18.8 Å². The Labute approximate surface area is 119 Å². The maximum atomic E-state index is 12.4. The van der Waals surface area contributed by atoms with Crippen molar-refractivity contribution < 1.29 is 18.3 Å². The zero-order valence-electron chi connectivity index (χ0n) is 11.4. The minimum absolute atomic E-state index is 0.0699.